The van der Waals surface area contributed by atoms with Gasteiger partial charge in [0.05, 0.1) is 11.5 Å². The second-order valence-electron chi connectivity index (χ2n) is 4.45. The average Bonchev–Trinajstić information content (AvgIpc) is 2.91. The first kappa shape index (κ1) is 14.8. The van der Waals surface area contributed by atoms with Gasteiger partial charge in [0.1, 0.15) is 5.82 Å². The number of sulfonamides is 1. The summed E-state index contributed by atoms with van der Waals surface area (Å²) in [5.41, 5.74) is 0.221. The Morgan fingerprint density at radius 3 is 2.84 bits per heavy atom. The lowest BCUT2D eigenvalue weighted by Crippen LogP contribution is -2.37. The average molecular weight is 305 g/mol. The minimum Gasteiger partial charge on any atom is -0.392 e. The number of nitrogens with zero attached hydrogens (tertiary/aromatic N) is 1. The van der Waals surface area contributed by atoms with Crippen LogP contribution in [0.5, 0.6) is 0 Å². The molecule has 1 heterocycles. The van der Waals surface area contributed by atoms with Gasteiger partial charge in [-0.2, -0.15) is 16.1 Å². The van der Waals surface area contributed by atoms with Gasteiger partial charge >= 0.3 is 0 Å². The fraction of sp³-hybridized carbons (Fsp3) is 0.500. The molecule has 1 aliphatic heterocycles. The van der Waals surface area contributed by atoms with E-state index in [4.69, 9.17) is 0 Å². The van der Waals surface area contributed by atoms with Crippen molar-refractivity contribution in [2.45, 2.75) is 24.0 Å². The highest BCUT2D eigenvalue weighted by Gasteiger charge is 2.31. The molecule has 1 atom stereocenters. The van der Waals surface area contributed by atoms with E-state index in [-0.39, 0.29) is 16.5 Å². The minimum atomic E-state index is -3.77. The largest absolute Gasteiger partial charge is 0.392 e. The molecule has 1 aliphatic rings. The van der Waals surface area contributed by atoms with Crippen LogP contribution in [0.15, 0.2) is 23.1 Å². The van der Waals surface area contributed by atoms with Crippen molar-refractivity contribution in [1.82, 2.24) is 4.31 Å². The Labute approximate surface area is 116 Å². The summed E-state index contributed by atoms with van der Waals surface area (Å²) in [4.78, 5) is -0.144. The number of hydrogen-bond acceptors (Lipinski definition) is 4. The Bertz CT molecular complexity index is 556. The van der Waals surface area contributed by atoms with E-state index in [9.17, 15) is 17.9 Å². The Kier molecular flexibility index (Phi) is 4.50. The summed E-state index contributed by atoms with van der Waals surface area (Å²) in [6.45, 7) is -0.428. The first-order chi connectivity index (χ1) is 8.96. The van der Waals surface area contributed by atoms with Crippen LogP contribution >= 0.6 is 11.8 Å². The predicted octanol–water partition coefficient (Wildman–Crippen LogP) is 1.44. The lowest BCUT2D eigenvalue weighted by Gasteiger charge is -2.24. The number of hydrogen-bond donors (Lipinski definition) is 1. The highest BCUT2D eigenvalue weighted by molar-refractivity contribution is 7.99. The standard InChI is InChI=1S/C12H16FNO3S2/c1-14(11-4-5-18-8-11)19(16,17)12-6-10(13)3-2-9(12)7-15/h2-3,6,11,15H,4-5,7-8H2,1H3. The maximum atomic E-state index is 13.3. The second kappa shape index (κ2) is 5.78. The van der Waals surface area contributed by atoms with Gasteiger partial charge < -0.3 is 5.11 Å². The first-order valence-corrected chi connectivity index (χ1v) is 8.51. The molecular weight excluding hydrogens is 289 g/mol. The second-order valence-corrected chi connectivity index (χ2v) is 7.56. The van der Waals surface area contributed by atoms with Gasteiger partial charge in [-0.15, -0.1) is 0 Å². The lowest BCUT2D eigenvalue weighted by molar-refractivity contribution is 0.277. The van der Waals surface area contributed by atoms with Crippen molar-refractivity contribution in [2.24, 2.45) is 0 Å². The van der Waals surface area contributed by atoms with Crippen molar-refractivity contribution >= 4 is 21.8 Å². The van der Waals surface area contributed by atoms with E-state index < -0.39 is 22.4 Å². The minimum absolute atomic E-state index is 0.0650. The van der Waals surface area contributed by atoms with E-state index in [1.807, 2.05) is 0 Å². The summed E-state index contributed by atoms with van der Waals surface area (Å²) in [6.07, 6.45) is 0.796. The molecule has 1 aromatic carbocycles. The van der Waals surface area contributed by atoms with Crippen LogP contribution in [0.2, 0.25) is 0 Å². The molecule has 19 heavy (non-hydrogen) atoms. The fourth-order valence-electron chi connectivity index (χ4n) is 2.06. The normalized spacial score (nSPS) is 20.1. The van der Waals surface area contributed by atoms with Crippen LogP contribution in [-0.2, 0) is 16.6 Å². The number of benzene rings is 1. The molecular formula is C12H16FNO3S2. The molecule has 106 valence electrons. The summed E-state index contributed by atoms with van der Waals surface area (Å²) in [7, 11) is -2.26. The number of aliphatic hydroxyl groups is 1. The smallest absolute Gasteiger partial charge is 0.243 e. The Morgan fingerprint density at radius 2 is 2.26 bits per heavy atom. The predicted molar refractivity (Wildman–Crippen MR) is 73.0 cm³/mol. The van der Waals surface area contributed by atoms with E-state index in [1.54, 1.807) is 11.8 Å². The molecule has 0 saturated carbocycles. The van der Waals surface area contributed by atoms with Crippen LogP contribution in [-0.4, -0.2) is 42.4 Å². The summed E-state index contributed by atoms with van der Waals surface area (Å²) >= 11 is 1.71. The molecule has 1 unspecified atom stereocenters. The third kappa shape index (κ3) is 2.94. The van der Waals surface area contributed by atoms with Crippen LogP contribution in [0.3, 0.4) is 0 Å². The molecule has 2 rings (SSSR count). The number of aliphatic hydroxyl groups excluding tert-OH is 1. The van der Waals surface area contributed by atoms with Crippen LogP contribution in [0.4, 0.5) is 4.39 Å². The molecule has 0 spiro atoms. The molecule has 1 fully saturated rings. The summed E-state index contributed by atoms with van der Waals surface area (Å²) in [5.74, 6) is 1.06. The van der Waals surface area contributed by atoms with E-state index in [0.717, 1.165) is 30.1 Å². The molecule has 0 amide bonds. The van der Waals surface area contributed by atoms with Crippen molar-refractivity contribution in [3.63, 3.8) is 0 Å². The maximum Gasteiger partial charge on any atom is 0.243 e. The Balaban J connectivity index is 2.40. The summed E-state index contributed by atoms with van der Waals surface area (Å²) < 4.78 is 39.6. The fourth-order valence-corrected chi connectivity index (χ4v) is 5.03. The molecule has 0 aliphatic carbocycles. The molecule has 0 bridgehead atoms. The molecule has 1 aromatic rings. The zero-order chi connectivity index (χ0) is 14.0. The summed E-state index contributed by atoms with van der Waals surface area (Å²) in [5, 5.41) is 9.21. The van der Waals surface area contributed by atoms with Gasteiger partial charge in [-0.25, -0.2) is 12.8 Å². The van der Waals surface area contributed by atoms with Gasteiger partial charge in [-0.05, 0) is 29.9 Å². The molecule has 1 saturated heterocycles. The summed E-state index contributed by atoms with van der Waals surface area (Å²) in [6, 6.07) is 3.36. The van der Waals surface area contributed by atoms with Crippen molar-refractivity contribution in [1.29, 1.82) is 0 Å². The zero-order valence-corrected chi connectivity index (χ0v) is 12.2. The Morgan fingerprint density at radius 1 is 1.53 bits per heavy atom. The van der Waals surface area contributed by atoms with Crippen molar-refractivity contribution < 1.29 is 17.9 Å². The van der Waals surface area contributed by atoms with Crippen LogP contribution < -0.4 is 0 Å². The quantitative estimate of drug-likeness (QED) is 0.914. The highest BCUT2D eigenvalue weighted by Crippen LogP contribution is 2.28. The molecule has 4 nitrogen and oxygen atoms in total. The molecule has 7 heteroatoms. The van der Waals surface area contributed by atoms with Crippen LogP contribution in [0.1, 0.15) is 12.0 Å². The van der Waals surface area contributed by atoms with Gasteiger partial charge in [0.25, 0.3) is 0 Å². The van der Waals surface area contributed by atoms with Gasteiger partial charge in [0, 0.05) is 18.8 Å². The first-order valence-electron chi connectivity index (χ1n) is 5.92. The lowest BCUT2D eigenvalue weighted by atomic mass is 10.2. The number of halogens is 1. The maximum absolute atomic E-state index is 13.3. The van der Waals surface area contributed by atoms with Crippen molar-refractivity contribution in [2.75, 3.05) is 18.6 Å². The van der Waals surface area contributed by atoms with E-state index >= 15 is 0 Å². The zero-order valence-electron chi connectivity index (χ0n) is 10.5. The highest BCUT2D eigenvalue weighted by atomic mass is 32.2. The van der Waals surface area contributed by atoms with Gasteiger partial charge in [0.2, 0.25) is 10.0 Å². The molecule has 0 radical (unpaired) electrons. The third-order valence-electron chi connectivity index (χ3n) is 3.28. The molecule has 0 aromatic heterocycles. The number of rotatable bonds is 4. The van der Waals surface area contributed by atoms with E-state index in [2.05, 4.69) is 0 Å². The van der Waals surface area contributed by atoms with Gasteiger partial charge in [-0.1, -0.05) is 6.07 Å². The van der Waals surface area contributed by atoms with E-state index in [0.29, 0.717) is 0 Å². The van der Waals surface area contributed by atoms with Crippen molar-refractivity contribution in [3.8, 4) is 0 Å². The van der Waals surface area contributed by atoms with Crippen LogP contribution in [0, 0.1) is 5.82 Å². The number of thioether (sulfide) groups is 1. The topological polar surface area (TPSA) is 57.6 Å². The SMILES string of the molecule is CN(C1CCSC1)S(=O)(=O)c1cc(F)ccc1CO. The van der Waals surface area contributed by atoms with Gasteiger partial charge in [-0.3, -0.25) is 0 Å². The third-order valence-corrected chi connectivity index (χ3v) is 6.41. The van der Waals surface area contributed by atoms with Gasteiger partial charge in [0.15, 0.2) is 0 Å². The van der Waals surface area contributed by atoms with Crippen molar-refractivity contribution in [3.05, 3.63) is 29.6 Å². The van der Waals surface area contributed by atoms with Crippen LogP contribution in [0.25, 0.3) is 0 Å². The molecule has 1 N–H and O–H groups in total. The van der Waals surface area contributed by atoms with E-state index in [1.165, 1.54) is 17.4 Å². The monoisotopic (exact) mass is 305 g/mol. The Hall–Kier alpha value is -0.630.